The zero-order chi connectivity index (χ0) is 12.3. The van der Waals surface area contributed by atoms with Crippen molar-refractivity contribution < 1.29 is 5.11 Å². The van der Waals surface area contributed by atoms with Crippen LogP contribution in [0.1, 0.15) is 36.0 Å². The first-order valence-corrected chi connectivity index (χ1v) is 6.60. The fourth-order valence-corrected chi connectivity index (χ4v) is 2.69. The molecule has 1 aliphatic carbocycles. The van der Waals surface area contributed by atoms with E-state index in [1.165, 1.54) is 23.1 Å². The molecule has 17 heavy (non-hydrogen) atoms. The van der Waals surface area contributed by atoms with Crippen LogP contribution in [0.5, 0.6) is 0 Å². The number of nitrogens with one attached hydrogen (secondary N) is 1. The fraction of sp³-hybridized carbons (Fsp3) is 0.600. The molecule has 1 aromatic rings. The number of benzene rings is 1. The van der Waals surface area contributed by atoms with Crippen molar-refractivity contribution in [2.75, 3.05) is 6.54 Å². The van der Waals surface area contributed by atoms with Crippen LogP contribution in [-0.4, -0.2) is 17.8 Å². The van der Waals surface area contributed by atoms with Crippen molar-refractivity contribution in [3.63, 3.8) is 0 Å². The summed E-state index contributed by atoms with van der Waals surface area (Å²) in [7, 11) is 0. The lowest BCUT2D eigenvalue weighted by atomic mass is 10.0. The van der Waals surface area contributed by atoms with Crippen molar-refractivity contribution in [3.05, 3.63) is 34.9 Å². The molecule has 1 aliphatic rings. The van der Waals surface area contributed by atoms with E-state index in [4.69, 9.17) is 0 Å². The largest absolute Gasteiger partial charge is 0.393 e. The van der Waals surface area contributed by atoms with Gasteiger partial charge in [0.1, 0.15) is 0 Å². The predicted octanol–water partition coefficient (Wildman–Crippen LogP) is 2.55. The Kier molecular flexibility index (Phi) is 4.19. The summed E-state index contributed by atoms with van der Waals surface area (Å²) >= 11 is 0. The molecule has 2 heteroatoms. The quantitative estimate of drug-likeness (QED) is 0.837. The van der Waals surface area contributed by atoms with E-state index in [9.17, 15) is 5.11 Å². The highest BCUT2D eigenvalue weighted by atomic mass is 16.3. The second-order valence-electron chi connectivity index (χ2n) is 5.39. The normalized spacial score (nSPS) is 24.2. The van der Waals surface area contributed by atoms with E-state index in [-0.39, 0.29) is 6.10 Å². The second kappa shape index (κ2) is 5.65. The van der Waals surface area contributed by atoms with E-state index in [2.05, 4.69) is 37.4 Å². The summed E-state index contributed by atoms with van der Waals surface area (Å²) in [6, 6.07) is 6.61. The molecule has 0 spiro atoms. The summed E-state index contributed by atoms with van der Waals surface area (Å²) in [4.78, 5) is 0. The highest BCUT2D eigenvalue weighted by molar-refractivity contribution is 5.30. The molecular formula is C15H23NO. The summed E-state index contributed by atoms with van der Waals surface area (Å²) in [6.45, 7) is 6.27. The molecule has 2 unspecified atom stereocenters. The number of aryl methyl sites for hydroxylation is 2. The first-order valence-electron chi connectivity index (χ1n) is 6.60. The molecule has 1 aromatic carbocycles. The molecule has 0 amide bonds. The van der Waals surface area contributed by atoms with Gasteiger partial charge < -0.3 is 10.4 Å². The molecule has 1 fully saturated rings. The van der Waals surface area contributed by atoms with Crippen LogP contribution in [0.3, 0.4) is 0 Å². The van der Waals surface area contributed by atoms with Gasteiger partial charge in [-0.3, -0.25) is 0 Å². The number of aliphatic hydroxyl groups excluding tert-OH is 1. The zero-order valence-corrected chi connectivity index (χ0v) is 10.9. The number of aliphatic hydroxyl groups is 1. The number of hydrogen-bond acceptors (Lipinski definition) is 2. The Hall–Kier alpha value is -0.860. The average molecular weight is 233 g/mol. The second-order valence-corrected chi connectivity index (χ2v) is 5.39. The Morgan fingerprint density at radius 3 is 2.76 bits per heavy atom. The molecule has 0 saturated heterocycles. The lowest BCUT2D eigenvalue weighted by molar-refractivity contribution is 0.177. The molecule has 0 aliphatic heterocycles. The Balaban J connectivity index is 1.78. The lowest BCUT2D eigenvalue weighted by Gasteiger charge is -2.12. The van der Waals surface area contributed by atoms with E-state index in [1.54, 1.807) is 0 Å². The van der Waals surface area contributed by atoms with Crippen LogP contribution in [0.25, 0.3) is 0 Å². The van der Waals surface area contributed by atoms with Crippen molar-refractivity contribution in [1.29, 1.82) is 0 Å². The maximum absolute atomic E-state index is 9.46. The van der Waals surface area contributed by atoms with E-state index in [0.717, 1.165) is 25.9 Å². The molecular weight excluding hydrogens is 210 g/mol. The van der Waals surface area contributed by atoms with Gasteiger partial charge >= 0.3 is 0 Å². The van der Waals surface area contributed by atoms with E-state index in [1.807, 2.05) is 0 Å². The van der Waals surface area contributed by atoms with Gasteiger partial charge in [-0.25, -0.2) is 0 Å². The maximum Gasteiger partial charge on any atom is 0.0543 e. The van der Waals surface area contributed by atoms with Crippen LogP contribution in [0, 0.1) is 19.8 Å². The van der Waals surface area contributed by atoms with Crippen LogP contribution >= 0.6 is 0 Å². The molecule has 0 heterocycles. The fourth-order valence-electron chi connectivity index (χ4n) is 2.69. The van der Waals surface area contributed by atoms with Crippen LogP contribution in [0.4, 0.5) is 0 Å². The molecule has 94 valence electrons. The summed E-state index contributed by atoms with van der Waals surface area (Å²) < 4.78 is 0. The summed E-state index contributed by atoms with van der Waals surface area (Å²) in [6.07, 6.45) is 3.07. The van der Waals surface area contributed by atoms with Gasteiger partial charge in [-0.2, -0.15) is 0 Å². The minimum Gasteiger partial charge on any atom is -0.393 e. The topological polar surface area (TPSA) is 32.3 Å². The molecule has 2 atom stereocenters. The molecule has 2 rings (SSSR count). The summed E-state index contributed by atoms with van der Waals surface area (Å²) in [5.74, 6) is 0.663. The molecule has 0 bridgehead atoms. The van der Waals surface area contributed by atoms with Gasteiger partial charge in [-0.05, 0) is 56.7 Å². The monoisotopic (exact) mass is 233 g/mol. The standard InChI is InChI=1S/C15H23NO/c1-11-3-5-14(12(2)7-11)10-16-9-13-4-6-15(17)8-13/h3,5,7,13,15-17H,4,6,8-10H2,1-2H3. The Morgan fingerprint density at radius 1 is 1.29 bits per heavy atom. The average Bonchev–Trinajstić information content (AvgIpc) is 2.68. The third-order valence-corrected chi connectivity index (χ3v) is 3.76. The molecule has 2 nitrogen and oxygen atoms in total. The minimum atomic E-state index is -0.0529. The van der Waals surface area contributed by atoms with Gasteiger partial charge in [0.05, 0.1) is 6.10 Å². The minimum absolute atomic E-state index is 0.0529. The first-order chi connectivity index (χ1) is 8.15. The molecule has 0 aromatic heterocycles. The van der Waals surface area contributed by atoms with E-state index < -0.39 is 0 Å². The van der Waals surface area contributed by atoms with Gasteiger partial charge in [0.25, 0.3) is 0 Å². The van der Waals surface area contributed by atoms with Gasteiger partial charge in [0.2, 0.25) is 0 Å². The third kappa shape index (κ3) is 3.55. The molecule has 0 radical (unpaired) electrons. The smallest absolute Gasteiger partial charge is 0.0543 e. The summed E-state index contributed by atoms with van der Waals surface area (Å²) in [5, 5.41) is 13.0. The van der Waals surface area contributed by atoms with Crippen molar-refractivity contribution >= 4 is 0 Å². The summed E-state index contributed by atoms with van der Waals surface area (Å²) in [5.41, 5.74) is 4.07. The first kappa shape index (κ1) is 12.6. The Bertz CT molecular complexity index is 375. The van der Waals surface area contributed by atoms with E-state index in [0.29, 0.717) is 5.92 Å². The van der Waals surface area contributed by atoms with Crippen molar-refractivity contribution in [3.8, 4) is 0 Å². The zero-order valence-electron chi connectivity index (χ0n) is 10.9. The van der Waals surface area contributed by atoms with Crippen LogP contribution < -0.4 is 5.32 Å². The molecule has 2 N–H and O–H groups in total. The van der Waals surface area contributed by atoms with Crippen molar-refractivity contribution in [1.82, 2.24) is 5.32 Å². The van der Waals surface area contributed by atoms with Gasteiger partial charge in [-0.1, -0.05) is 23.8 Å². The van der Waals surface area contributed by atoms with Crippen molar-refractivity contribution in [2.45, 2.75) is 45.8 Å². The lowest BCUT2D eigenvalue weighted by Crippen LogP contribution is -2.21. The number of rotatable bonds is 4. The van der Waals surface area contributed by atoms with E-state index >= 15 is 0 Å². The van der Waals surface area contributed by atoms with Crippen LogP contribution in [-0.2, 0) is 6.54 Å². The predicted molar refractivity (Wildman–Crippen MR) is 71.0 cm³/mol. The highest BCUT2D eigenvalue weighted by Gasteiger charge is 2.21. The Labute approximate surface area is 104 Å². The van der Waals surface area contributed by atoms with Gasteiger partial charge in [-0.15, -0.1) is 0 Å². The highest BCUT2D eigenvalue weighted by Crippen LogP contribution is 2.24. The molecule has 1 saturated carbocycles. The van der Waals surface area contributed by atoms with Crippen LogP contribution in [0.2, 0.25) is 0 Å². The number of hydrogen-bond donors (Lipinski definition) is 2. The third-order valence-electron chi connectivity index (χ3n) is 3.76. The van der Waals surface area contributed by atoms with Crippen LogP contribution in [0.15, 0.2) is 18.2 Å². The van der Waals surface area contributed by atoms with Gasteiger partial charge in [0, 0.05) is 6.54 Å². The van der Waals surface area contributed by atoms with Crippen molar-refractivity contribution in [2.24, 2.45) is 5.92 Å². The van der Waals surface area contributed by atoms with Gasteiger partial charge in [0.15, 0.2) is 0 Å². The maximum atomic E-state index is 9.46. The Morgan fingerprint density at radius 2 is 2.12 bits per heavy atom. The SMILES string of the molecule is Cc1ccc(CNCC2CCC(O)C2)c(C)c1.